The van der Waals surface area contributed by atoms with Crippen LogP contribution >= 0.6 is 23.2 Å². The van der Waals surface area contributed by atoms with E-state index in [2.05, 4.69) is 0 Å². The van der Waals surface area contributed by atoms with Crippen LogP contribution in [0.4, 0.5) is 4.39 Å². The Kier molecular flexibility index (Phi) is 3.12. The number of ether oxygens (including phenoxy) is 1. The molecule has 13 heavy (non-hydrogen) atoms. The maximum atomic E-state index is 12.8. The van der Waals surface area contributed by atoms with E-state index in [1.54, 1.807) is 0 Å². The lowest BCUT2D eigenvalue weighted by molar-refractivity contribution is 0.107. The van der Waals surface area contributed by atoms with E-state index in [4.69, 9.17) is 27.9 Å². The zero-order chi connectivity index (χ0) is 10.0. The first-order valence-corrected chi connectivity index (χ1v) is 4.04. The van der Waals surface area contributed by atoms with E-state index in [0.717, 1.165) is 12.1 Å². The molecule has 1 rings (SSSR count). The smallest absolute Gasteiger partial charge is 0.256 e. The van der Waals surface area contributed by atoms with E-state index in [0.29, 0.717) is 0 Å². The van der Waals surface area contributed by atoms with Crippen LogP contribution in [0.3, 0.4) is 0 Å². The van der Waals surface area contributed by atoms with Crippen LogP contribution in [0.15, 0.2) is 12.1 Å². The van der Waals surface area contributed by atoms with Crippen molar-refractivity contribution in [3.05, 3.63) is 28.5 Å². The first-order chi connectivity index (χ1) is 6.06. The molecule has 1 aromatic rings. The average molecular weight is 223 g/mol. The molecule has 0 bridgehead atoms. The molecule has 0 atom stereocenters. The van der Waals surface area contributed by atoms with Gasteiger partial charge in [-0.05, 0) is 17.7 Å². The van der Waals surface area contributed by atoms with Crippen molar-refractivity contribution >= 4 is 28.4 Å². The van der Waals surface area contributed by atoms with Crippen LogP contribution in [-0.2, 0) is 0 Å². The Labute approximate surface area is 84.2 Å². The van der Waals surface area contributed by atoms with Crippen LogP contribution in [0.25, 0.3) is 0 Å². The summed E-state index contributed by atoms with van der Waals surface area (Å²) in [5, 5.41) is -0.899. The summed E-state index contributed by atoms with van der Waals surface area (Å²) in [5.74, 6) is -0.581. The minimum atomic E-state index is -0.737. The first kappa shape index (κ1) is 10.3. The quantitative estimate of drug-likeness (QED) is 0.720. The van der Waals surface area contributed by atoms with Crippen molar-refractivity contribution in [2.75, 3.05) is 7.11 Å². The Morgan fingerprint density at radius 3 is 2.62 bits per heavy atom. The van der Waals surface area contributed by atoms with Crippen LogP contribution in [0.2, 0.25) is 5.02 Å². The highest BCUT2D eigenvalue weighted by Gasteiger charge is 2.13. The molecule has 0 aliphatic carbocycles. The van der Waals surface area contributed by atoms with Gasteiger partial charge in [0, 0.05) is 6.07 Å². The molecule has 0 amide bonds. The highest BCUT2D eigenvalue weighted by atomic mass is 35.5. The highest BCUT2D eigenvalue weighted by Crippen LogP contribution is 2.26. The number of carbonyl (C=O) groups is 1. The van der Waals surface area contributed by atoms with Gasteiger partial charge in [0.05, 0.1) is 17.7 Å². The molecule has 0 spiro atoms. The van der Waals surface area contributed by atoms with Gasteiger partial charge in [0.2, 0.25) is 0 Å². The SMILES string of the molecule is COc1cc(F)c(Cl)cc1C(=O)Cl. The van der Waals surface area contributed by atoms with Crippen LogP contribution in [0, 0.1) is 5.82 Å². The summed E-state index contributed by atoms with van der Waals surface area (Å²) in [6.07, 6.45) is 0. The van der Waals surface area contributed by atoms with Gasteiger partial charge in [-0.1, -0.05) is 11.6 Å². The second-order valence-electron chi connectivity index (χ2n) is 2.24. The third-order valence-electron chi connectivity index (χ3n) is 1.45. The lowest BCUT2D eigenvalue weighted by atomic mass is 10.2. The zero-order valence-corrected chi connectivity index (χ0v) is 8.12. The molecule has 0 fully saturated rings. The Hall–Kier alpha value is -0.800. The Bertz CT molecular complexity index is 352. The van der Waals surface area contributed by atoms with Crippen LogP contribution in [0.5, 0.6) is 5.75 Å². The molecule has 2 nitrogen and oxygen atoms in total. The molecular weight excluding hydrogens is 218 g/mol. The Balaban J connectivity index is 3.33. The van der Waals surface area contributed by atoms with E-state index in [9.17, 15) is 9.18 Å². The molecule has 0 saturated carbocycles. The van der Waals surface area contributed by atoms with Crippen molar-refractivity contribution < 1.29 is 13.9 Å². The number of halogens is 3. The van der Waals surface area contributed by atoms with Gasteiger partial charge in [0.1, 0.15) is 11.6 Å². The van der Waals surface area contributed by atoms with Crippen molar-refractivity contribution in [3.63, 3.8) is 0 Å². The predicted octanol–water partition coefficient (Wildman–Crippen LogP) is 2.87. The van der Waals surface area contributed by atoms with Gasteiger partial charge in [-0.3, -0.25) is 4.79 Å². The lowest BCUT2D eigenvalue weighted by Crippen LogP contribution is -1.96. The second kappa shape index (κ2) is 3.94. The molecule has 70 valence electrons. The summed E-state index contributed by atoms with van der Waals surface area (Å²) >= 11 is 10.7. The summed E-state index contributed by atoms with van der Waals surface area (Å²) in [7, 11) is 1.31. The van der Waals surface area contributed by atoms with Crippen molar-refractivity contribution in [2.45, 2.75) is 0 Å². The third kappa shape index (κ3) is 2.11. The van der Waals surface area contributed by atoms with E-state index in [1.807, 2.05) is 0 Å². The Morgan fingerprint density at radius 1 is 1.54 bits per heavy atom. The molecule has 0 N–H and O–H groups in total. The summed E-state index contributed by atoms with van der Waals surface area (Å²) in [4.78, 5) is 10.8. The molecule has 1 aromatic carbocycles. The monoisotopic (exact) mass is 222 g/mol. The normalized spacial score (nSPS) is 9.85. The molecule has 0 aliphatic heterocycles. The minimum absolute atomic E-state index is 0.0515. The van der Waals surface area contributed by atoms with Crippen molar-refractivity contribution in [2.24, 2.45) is 0 Å². The fraction of sp³-hybridized carbons (Fsp3) is 0.125. The number of hydrogen-bond donors (Lipinski definition) is 0. The van der Waals surface area contributed by atoms with Crippen LogP contribution < -0.4 is 4.74 Å². The van der Waals surface area contributed by atoms with Gasteiger partial charge in [0.15, 0.2) is 0 Å². The van der Waals surface area contributed by atoms with Crippen LogP contribution in [0.1, 0.15) is 10.4 Å². The molecule has 0 aromatic heterocycles. The molecule has 0 heterocycles. The van der Waals surface area contributed by atoms with E-state index in [-0.39, 0.29) is 16.3 Å². The standard InChI is InChI=1S/C8H5Cl2FO2/c1-13-7-3-6(11)5(9)2-4(7)8(10)12/h2-3H,1H3. The van der Waals surface area contributed by atoms with E-state index in [1.165, 1.54) is 7.11 Å². The van der Waals surface area contributed by atoms with Gasteiger partial charge >= 0.3 is 0 Å². The number of rotatable bonds is 2. The zero-order valence-electron chi connectivity index (χ0n) is 6.61. The number of benzene rings is 1. The highest BCUT2D eigenvalue weighted by molar-refractivity contribution is 6.68. The lowest BCUT2D eigenvalue weighted by Gasteiger charge is -2.05. The maximum absolute atomic E-state index is 12.8. The summed E-state index contributed by atoms with van der Waals surface area (Å²) < 4.78 is 17.6. The summed E-state index contributed by atoms with van der Waals surface area (Å²) in [6.45, 7) is 0. The van der Waals surface area contributed by atoms with Crippen molar-refractivity contribution in [3.8, 4) is 5.75 Å². The van der Waals surface area contributed by atoms with Gasteiger partial charge in [-0.25, -0.2) is 4.39 Å². The second-order valence-corrected chi connectivity index (χ2v) is 2.99. The summed E-state index contributed by atoms with van der Waals surface area (Å²) in [6, 6.07) is 2.14. The fourth-order valence-electron chi connectivity index (χ4n) is 0.851. The first-order valence-electron chi connectivity index (χ1n) is 3.29. The van der Waals surface area contributed by atoms with Crippen LogP contribution in [-0.4, -0.2) is 12.4 Å². The predicted molar refractivity (Wildman–Crippen MR) is 48.1 cm³/mol. The van der Waals surface area contributed by atoms with Crippen molar-refractivity contribution in [1.82, 2.24) is 0 Å². The van der Waals surface area contributed by atoms with E-state index >= 15 is 0 Å². The van der Waals surface area contributed by atoms with Gasteiger partial charge in [-0.2, -0.15) is 0 Å². The third-order valence-corrected chi connectivity index (χ3v) is 1.95. The molecule has 0 radical (unpaired) electrons. The fourth-order valence-corrected chi connectivity index (χ4v) is 1.16. The molecule has 0 aliphatic rings. The van der Waals surface area contributed by atoms with Gasteiger partial charge in [0.25, 0.3) is 5.24 Å². The topological polar surface area (TPSA) is 26.3 Å². The number of carbonyl (C=O) groups excluding carboxylic acids is 1. The molecule has 0 saturated heterocycles. The minimum Gasteiger partial charge on any atom is -0.496 e. The summed E-state index contributed by atoms with van der Waals surface area (Å²) in [5.41, 5.74) is 0.0515. The van der Waals surface area contributed by atoms with Crippen molar-refractivity contribution in [1.29, 1.82) is 0 Å². The van der Waals surface area contributed by atoms with Gasteiger partial charge < -0.3 is 4.74 Å². The molecule has 5 heteroatoms. The molecular formula is C8H5Cl2FO2. The average Bonchev–Trinajstić information content (AvgIpc) is 2.08. The van der Waals surface area contributed by atoms with Gasteiger partial charge in [-0.15, -0.1) is 0 Å². The Morgan fingerprint density at radius 2 is 2.15 bits per heavy atom. The number of methoxy groups -OCH3 is 1. The maximum Gasteiger partial charge on any atom is 0.256 e. The number of hydrogen-bond acceptors (Lipinski definition) is 2. The largest absolute Gasteiger partial charge is 0.496 e. The molecule has 0 unspecified atom stereocenters. The van der Waals surface area contributed by atoms with E-state index < -0.39 is 11.1 Å².